The van der Waals surface area contributed by atoms with Crippen molar-refractivity contribution in [2.45, 2.75) is 65.5 Å². The summed E-state index contributed by atoms with van der Waals surface area (Å²) >= 11 is 1.54. The molecule has 0 radical (unpaired) electrons. The minimum atomic E-state index is -0.355. The third-order valence-corrected chi connectivity index (χ3v) is 7.45. The van der Waals surface area contributed by atoms with Gasteiger partial charge < -0.3 is 10.2 Å². The van der Waals surface area contributed by atoms with Crippen molar-refractivity contribution in [1.29, 1.82) is 0 Å². The fraction of sp³-hybridized carbons (Fsp3) is 0.542. The van der Waals surface area contributed by atoms with E-state index in [0.29, 0.717) is 17.7 Å². The first-order valence-electron chi connectivity index (χ1n) is 11.3. The van der Waals surface area contributed by atoms with Crippen LogP contribution in [0.4, 0.5) is 10.8 Å². The molecule has 3 heterocycles. The number of aromatic nitrogens is 1. The van der Waals surface area contributed by atoms with Crippen molar-refractivity contribution < 1.29 is 9.59 Å². The molecule has 6 nitrogen and oxygen atoms in total. The van der Waals surface area contributed by atoms with E-state index in [1.54, 1.807) is 4.90 Å². The van der Waals surface area contributed by atoms with Gasteiger partial charge in [-0.1, -0.05) is 31.5 Å². The molecule has 1 aromatic carbocycles. The molecule has 2 fully saturated rings. The molecule has 2 atom stereocenters. The molecule has 0 bridgehead atoms. The number of rotatable bonds is 6. The molecule has 31 heavy (non-hydrogen) atoms. The van der Waals surface area contributed by atoms with Crippen molar-refractivity contribution in [3.63, 3.8) is 0 Å². The molecule has 2 unspecified atom stereocenters. The first kappa shape index (κ1) is 22.0. The summed E-state index contributed by atoms with van der Waals surface area (Å²) in [6.07, 6.45) is 6.77. The van der Waals surface area contributed by atoms with Gasteiger partial charge >= 0.3 is 0 Å². The van der Waals surface area contributed by atoms with Gasteiger partial charge in [-0.3, -0.25) is 14.5 Å². The lowest BCUT2D eigenvalue weighted by Crippen LogP contribution is -2.36. The normalized spacial score (nSPS) is 22.2. The van der Waals surface area contributed by atoms with E-state index < -0.39 is 0 Å². The number of benzene rings is 1. The maximum absolute atomic E-state index is 12.9. The first-order valence-corrected chi connectivity index (χ1v) is 12.2. The monoisotopic (exact) mass is 440 g/mol. The number of carbonyl (C=O) groups excluding carboxylic acids is 2. The van der Waals surface area contributed by atoms with Crippen LogP contribution in [0, 0.1) is 12.8 Å². The molecule has 2 aliphatic heterocycles. The second-order valence-electron chi connectivity index (χ2n) is 8.78. The van der Waals surface area contributed by atoms with Crippen LogP contribution < -0.4 is 10.2 Å². The largest absolute Gasteiger partial charge is 0.311 e. The number of piperidine rings is 1. The molecule has 0 spiro atoms. The zero-order valence-electron chi connectivity index (χ0n) is 18.7. The number of anilines is 2. The van der Waals surface area contributed by atoms with Crippen molar-refractivity contribution in [3.05, 3.63) is 40.4 Å². The van der Waals surface area contributed by atoms with Crippen LogP contribution in [-0.4, -0.2) is 40.8 Å². The van der Waals surface area contributed by atoms with Gasteiger partial charge in [-0.15, -0.1) is 11.3 Å². The Bertz CT molecular complexity index is 957. The molecule has 1 aromatic heterocycles. The second-order valence-corrected chi connectivity index (χ2v) is 9.89. The Morgan fingerprint density at radius 2 is 2.16 bits per heavy atom. The van der Waals surface area contributed by atoms with E-state index in [-0.39, 0.29) is 24.2 Å². The maximum Gasteiger partial charge on any atom is 0.231 e. The summed E-state index contributed by atoms with van der Waals surface area (Å²) in [6, 6.07) is 6.70. The SMILES string of the molecule is CCc1cccc(C)c1N1CC(C(=O)Nc2ncc(CN3CCCCC3C)s2)CC1=O. The molecule has 2 amide bonds. The van der Waals surface area contributed by atoms with Crippen molar-refractivity contribution in [2.75, 3.05) is 23.3 Å². The highest BCUT2D eigenvalue weighted by Crippen LogP contribution is 2.32. The predicted molar refractivity (Wildman–Crippen MR) is 125 cm³/mol. The van der Waals surface area contributed by atoms with Gasteiger partial charge in [-0.2, -0.15) is 0 Å². The van der Waals surface area contributed by atoms with Gasteiger partial charge in [0.1, 0.15) is 0 Å². The van der Waals surface area contributed by atoms with E-state index in [2.05, 4.69) is 35.1 Å². The highest BCUT2D eigenvalue weighted by Gasteiger charge is 2.36. The molecule has 2 aliphatic rings. The van der Waals surface area contributed by atoms with Crippen molar-refractivity contribution in [3.8, 4) is 0 Å². The summed E-state index contributed by atoms with van der Waals surface area (Å²) in [5, 5.41) is 3.59. The molecule has 7 heteroatoms. The van der Waals surface area contributed by atoms with Crippen LogP contribution in [0.3, 0.4) is 0 Å². The molecular weight excluding hydrogens is 408 g/mol. The zero-order valence-corrected chi connectivity index (χ0v) is 19.5. The topological polar surface area (TPSA) is 65.5 Å². The predicted octanol–water partition coefficient (Wildman–Crippen LogP) is 4.38. The van der Waals surface area contributed by atoms with Gasteiger partial charge in [0.05, 0.1) is 5.92 Å². The molecule has 2 aromatic rings. The average molecular weight is 441 g/mol. The van der Waals surface area contributed by atoms with Gasteiger partial charge in [0.25, 0.3) is 0 Å². The summed E-state index contributed by atoms with van der Waals surface area (Å²) in [5.74, 6) is -0.455. The lowest BCUT2D eigenvalue weighted by molar-refractivity contribution is -0.122. The van der Waals surface area contributed by atoms with Gasteiger partial charge in [0.15, 0.2) is 5.13 Å². The number of likely N-dealkylation sites (tertiary alicyclic amines) is 1. The smallest absolute Gasteiger partial charge is 0.231 e. The third-order valence-electron chi connectivity index (χ3n) is 6.55. The Balaban J connectivity index is 1.39. The second kappa shape index (κ2) is 9.49. The average Bonchev–Trinajstić information content (AvgIpc) is 3.35. The van der Waals surface area contributed by atoms with Gasteiger partial charge in [0.2, 0.25) is 11.8 Å². The minimum Gasteiger partial charge on any atom is -0.311 e. The zero-order chi connectivity index (χ0) is 22.0. The first-order chi connectivity index (χ1) is 15.0. The van der Waals surface area contributed by atoms with Crippen molar-refractivity contribution >= 4 is 34.0 Å². The van der Waals surface area contributed by atoms with Gasteiger partial charge in [0, 0.05) is 42.3 Å². The summed E-state index contributed by atoms with van der Waals surface area (Å²) in [4.78, 5) is 35.5. The Morgan fingerprint density at radius 1 is 1.32 bits per heavy atom. The van der Waals surface area contributed by atoms with Crippen LogP contribution in [-0.2, 0) is 22.6 Å². The highest BCUT2D eigenvalue weighted by atomic mass is 32.1. The lowest BCUT2D eigenvalue weighted by atomic mass is 10.0. The van der Waals surface area contributed by atoms with E-state index in [1.807, 2.05) is 25.3 Å². The minimum absolute atomic E-state index is 0.0167. The van der Waals surface area contributed by atoms with Gasteiger partial charge in [-0.25, -0.2) is 4.98 Å². The van der Waals surface area contributed by atoms with Gasteiger partial charge in [-0.05, 0) is 50.8 Å². The Morgan fingerprint density at radius 3 is 2.94 bits per heavy atom. The molecule has 0 saturated carbocycles. The van der Waals surface area contributed by atoms with Crippen LogP contribution in [0.15, 0.2) is 24.4 Å². The van der Waals surface area contributed by atoms with E-state index in [4.69, 9.17) is 0 Å². The Labute approximate surface area is 188 Å². The van der Waals surface area contributed by atoms with Crippen LogP contribution in [0.1, 0.15) is 55.5 Å². The summed E-state index contributed by atoms with van der Waals surface area (Å²) in [5.41, 5.74) is 3.19. The number of nitrogens with one attached hydrogen (secondary N) is 1. The summed E-state index contributed by atoms with van der Waals surface area (Å²) in [7, 11) is 0. The molecule has 0 aliphatic carbocycles. The number of thiazole rings is 1. The van der Waals surface area contributed by atoms with E-state index in [0.717, 1.165) is 36.3 Å². The number of hydrogen-bond donors (Lipinski definition) is 1. The number of carbonyl (C=O) groups is 2. The summed E-state index contributed by atoms with van der Waals surface area (Å²) < 4.78 is 0. The molecular formula is C24H32N4O2S. The van der Waals surface area contributed by atoms with E-state index >= 15 is 0 Å². The van der Waals surface area contributed by atoms with Crippen LogP contribution in [0.25, 0.3) is 0 Å². The fourth-order valence-electron chi connectivity index (χ4n) is 4.73. The number of nitrogens with zero attached hydrogens (tertiary/aromatic N) is 3. The quantitative estimate of drug-likeness (QED) is 0.724. The van der Waals surface area contributed by atoms with Crippen LogP contribution in [0.2, 0.25) is 0 Å². The maximum atomic E-state index is 12.9. The van der Waals surface area contributed by atoms with Crippen molar-refractivity contribution in [1.82, 2.24) is 9.88 Å². The number of para-hydroxylation sites is 1. The summed E-state index contributed by atoms with van der Waals surface area (Å²) in [6.45, 7) is 8.83. The lowest BCUT2D eigenvalue weighted by Gasteiger charge is -2.32. The molecule has 2 saturated heterocycles. The third kappa shape index (κ3) is 4.83. The Kier molecular flexibility index (Phi) is 6.72. The molecule has 166 valence electrons. The Hall–Kier alpha value is -2.25. The van der Waals surface area contributed by atoms with E-state index in [9.17, 15) is 9.59 Å². The molecule has 1 N–H and O–H groups in total. The molecule has 4 rings (SSSR count). The van der Waals surface area contributed by atoms with Crippen LogP contribution in [0.5, 0.6) is 0 Å². The van der Waals surface area contributed by atoms with Crippen molar-refractivity contribution in [2.24, 2.45) is 5.92 Å². The number of aryl methyl sites for hydroxylation is 2. The fourth-order valence-corrected chi connectivity index (χ4v) is 5.57. The highest BCUT2D eigenvalue weighted by molar-refractivity contribution is 7.15. The van der Waals surface area contributed by atoms with Crippen LogP contribution >= 0.6 is 11.3 Å². The number of hydrogen-bond acceptors (Lipinski definition) is 5. The number of amides is 2. The standard InChI is InChI=1S/C24H32N4O2S/c1-4-18-10-7-8-16(2)22(18)28-14-19(12-21(28)29)23(30)26-24-25-13-20(31-24)15-27-11-6-5-9-17(27)3/h7-8,10,13,17,19H,4-6,9,11-12,14-15H2,1-3H3,(H,25,26,30). The van der Waals surface area contributed by atoms with E-state index in [1.165, 1.54) is 35.5 Å².